The van der Waals surface area contributed by atoms with Gasteiger partial charge in [-0.2, -0.15) is 0 Å². The number of nitrogens with zero attached hydrogens (tertiary/aromatic N) is 1. The molecular weight excluding hydrogens is 322 g/mol. The number of hydrogen-bond acceptors (Lipinski definition) is 5. The lowest BCUT2D eigenvalue weighted by atomic mass is 10.2. The van der Waals surface area contributed by atoms with Crippen LogP contribution >= 0.6 is 11.6 Å². The molecule has 0 radical (unpaired) electrons. The fourth-order valence-corrected chi connectivity index (χ4v) is 1.66. The van der Waals surface area contributed by atoms with E-state index in [1.165, 1.54) is 36.7 Å². The number of hydrogen-bond donors (Lipinski definition) is 2. The van der Waals surface area contributed by atoms with Crippen molar-refractivity contribution >= 4 is 29.4 Å². The largest absolute Gasteiger partial charge is 0.452 e. The van der Waals surface area contributed by atoms with E-state index in [4.69, 9.17) is 16.3 Å². The van der Waals surface area contributed by atoms with E-state index in [0.717, 1.165) is 0 Å². The summed E-state index contributed by atoms with van der Waals surface area (Å²) in [7, 11) is 0. The van der Waals surface area contributed by atoms with Crippen molar-refractivity contribution in [3.63, 3.8) is 0 Å². The molecule has 0 aliphatic carbocycles. The van der Waals surface area contributed by atoms with Crippen LogP contribution in [0.3, 0.4) is 0 Å². The van der Waals surface area contributed by atoms with Crippen molar-refractivity contribution < 1.29 is 19.1 Å². The van der Waals surface area contributed by atoms with Gasteiger partial charge in [0.2, 0.25) is 0 Å². The first-order valence-electron chi connectivity index (χ1n) is 6.48. The number of amides is 2. The fourth-order valence-electron chi connectivity index (χ4n) is 1.54. The van der Waals surface area contributed by atoms with Gasteiger partial charge in [0.05, 0.1) is 5.56 Å². The first-order valence-corrected chi connectivity index (χ1v) is 6.86. The molecule has 0 fully saturated rings. The predicted molar refractivity (Wildman–Crippen MR) is 81.6 cm³/mol. The first kappa shape index (κ1) is 16.4. The maximum Gasteiger partial charge on any atom is 0.338 e. The van der Waals surface area contributed by atoms with Crippen LogP contribution < -0.4 is 10.9 Å². The summed E-state index contributed by atoms with van der Waals surface area (Å²) in [5, 5.41) is 0.494. The zero-order chi connectivity index (χ0) is 16.7. The summed E-state index contributed by atoms with van der Waals surface area (Å²) in [4.78, 5) is 38.6. The molecule has 0 aliphatic rings. The zero-order valence-corrected chi connectivity index (χ0v) is 12.5. The molecule has 2 amide bonds. The van der Waals surface area contributed by atoms with Crippen molar-refractivity contribution in [1.29, 1.82) is 0 Å². The van der Waals surface area contributed by atoms with Crippen LogP contribution in [0.1, 0.15) is 20.7 Å². The van der Waals surface area contributed by atoms with Gasteiger partial charge in [-0.05, 0) is 36.4 Å². The average molecular weight is 334 g/mol. The van der Waals surface area contributed by atoms with Crippen LogP contribution in [0.5, 0.6) is 0 Å². The van der Waals surface area contributed by atoms with E-state index < -0.39 is 24.4 Å². The molecule has 0 unspecified atom stereocenters. The van der Waals surface area contributed by atoms with E-state index >= 15 is 0 Å². The van der Waals surface area contributed by atoms with E-state index in [-0.39, 0.29) is 5.56 Å². The molecule has 2 rings (SSSR count). The SMILES string of the molecule is O=C(COC(=O)c1ccncc1)NNC(=O)c1ccc(Cl)cc1. The van der Waals surface area contributed by atoms with Crippen molar-refractivity contribution in [2.75, 3.05) is 6.61 Å². The molecule has 0 saturated heterocycles. The summed E-state index contributed by atoms with van der Waals surface area (Å²) in [5.41, 5.74) is 4.94. The third-order valence-electron chi connectivity index (χ3n) is 2.67. The Labute approximate surface area is 136 Å². The number of pyridine rings is 1. The van der Waals surface area contributed by atoms with Gasteiger partial charge in [0.25, 0.3) is 11.8 Å². The van der Waals surface area contributed by atoms with Crippen LogP contribution in [0.25, 0.3) is 0 Å². The molecule has 0 bridgehead atoms. The fraction of sp³-hybridized carbons (Fsp3) is 0.0667. The quantitative estimate of drug-likeness (QED) is 0.650. The number of carbonyl (C=O) groups excluding carboxylic acids is 3. The Bertz CT molecular complexity index is 704. The molecule has 1 heterocycles. The Balaban J connectivity index is 1.76. The second-order valence-electron chi connectivity index (χ2n) is 4.32. The maximum atomic E-state index is 11.7. The lowest BCUT2D eigenvalue weighted by Crippen LogP contribution is -2.43. The number of hydrazine groups is 1. The number of esters is 1. The Hall–Kier alpha value is -2.93. The standard InChI is InChI=1S/C15H12ClN3O4/c16-12-3-1-10(2-4-12)14(21)19-18-13(20)9-23-15(22)11-5-7-17-8-6-11/h1-8H,9H2,(H,18,20)(H,19,21). The van der Waals surface area contributed by atoms with E-state index in [1.807, 2.05) is 0 Å². The van der Waals surface area contributed by atoms with Gasteiger partial charge in [0.15, 0.2) is 6.61 Å². The number of carbonyl (C=O) groups is 3. The van der Waals surface area contributed by atoms with E-state index in [0.29, 0.717) is 10.6 Å². The van der Waals surface area contributed by atoms with Gasteiger partial charge in [-0.25, -0.2) is 4.79 Å². The first-order chi connectivity index (χ1) is 11.1. The van der Waals surface area contributed by atoms with Gasteiger partial charge < -0.3 is 4.74 Å². The molecule has 0 saturated carbocycles. The molecular formula is C15H12ClN3O4. The molecule has 23 heavy (non-hydrogen) atoms. The molecule has 2 aromatic rings. The molecule has 0 spiro atoms. The lowest BCUT2D eigenvalue weighted by molar-refractivity contribution is -0.125. The smallest absolute Gasteiger partial charge is 0.338 e. The van der Waals surface area contributed by atoms with Gasteiger partial charge in [0.1, 0.15) is 0 Å². The number of rotatable bonds is 4. The van der Waals surface area contributed by atoms with E-state index in [2.05, 4.69) is 15.8 Å². The summed E-state index contributed by atoms with van der Waals surface area (Å²) in [6, 6.07) is 9.04. The highest BCUT2D eigenvalue weighted by molar-refractivity contribution is 6.30. The summed E-state index contributed by atoms with van der Waals surface area (Å²) >= 11 is 5.71. The second-order valence-corrected chi connectivity index (χ2v) is 4.76. The van der Waals surface area contributed by atoms with Gasteiger partial charge >= 0.3 is 5.97 Å². The topological polar surface area (TPSA) is 97.4 Å². The van der Waals surface area contributed by atoms with Crippen molar-refractivity contribution in [3.05, 3.63) is 64.9 Å². The average Bonchev–Trinajstić information content (AvgIpc) is 2.59. The Morgan fingerprint density at radius 2 is 1.61 bits per heavy atom. The summed E-state index contributed by atoms with van der Waals surface area (Å²) in [5.74, 6) is -1.85. The van der Waals surface area contributed by atoms with E-state index in [9.17, 15) is 14.4 Å². The van der Waals surface area contributed by atoms with Gasteiger partial charge in [-0.15, -0.1) is 0 Å². The molecule has 1 aromatic carbocycles. The third-order valence-corrected chi connectivity index (χ3v) is 2.92. The number of ether oxygens (including phenoxy) is 1. The highest BCUT2D eigenvalue weighted by Gasteiger charge is 2.11. The van der Waals surface area contributed by atoms with Crippen LogP contribution in [0.4, 0.5) is 0 Å². The highest BCUT2D eigenvalue weighted by atomic mass is 35.5. The van der Waals surface area contributed by atoms with Crippen LogP contribution in [-0.2, 0) is 9.53 Å². The van der Waals surface area contributed by atoms with Gasteiger partial charge in [-0.3, -0.25) is 25.4 Å². The number of aromatic nitrogens is 1. The predicted octanol–water partition coefficient (Wildman–Crippen LogP) is 1.35. The summed E-state index contributed by atoms with van der Waals surface area (Å²) in [6.07, 6.45) is 2.87. The molecule has 0 atom stereocenters. The molecule has 2 N–H and O–H groups in total. The van der Waals surface area contributed by atoms with Gasteiger partial charge in [-0.1, -0.05) is 11.6 Å². The maximum absolute atomic E-state index is 11.7. The van der Waals surface area contributed by atoms with Crippen LogP contribution in [0.2, 0.25) is 5.02 Å². The second kappa shape index (κ2) is 7.90. The van der Waals surface area contributed by atoms with Crippen LogP contribution in [0, 0.1) is 0 Å². The molecule has 7 nitrogen and oxygen atoms in total. The minimum atomic E-state index is -0.672. The third kappa shape index (κ3) is 5.08. The molecule has 0 aliphatic heterocycles. The van der Waals surface area contributed by atoms with Crippen molar-refractivity contribution in [3.8, 4) is 0 Å². The number of halogens is 1. The minimum absolute atomic E-state index is 0.276. The van der Waals surface area contributed by atoms with Crippen molar-refractivity contribution in [2.45, 2.75) is 0 Å². The lowest BCUT2D eigenvalue weighted by Gasteiger charge is -2.08. The van der Waals surface area contributed by atoms with Crippen molar-refractivity contribution in [2.24, 2.45) is 0 Å². The van der Waals surface area contributed by atoms with Crippen LogP contribution in [-0.4, -0.2) is 29.4 Å². The Morgan fingerprint density at radius 3 is 2.26 bits per heavy atom. The summed E-state index contributed by atoms with van der Waals surface area (Å²) < 4.78 is 4.80. The number of nitrogens with one attached hydrogen (secondary N) is 2. The summed E-state index contributed by atoms with van der Waals surface area (Å²) in [6.45, 7) is -0.526. The highest BCUT2D eigenvalue weighted by Crippen LogP contribution is 2.08. The minimum Gasteiger partial charge on any atom is -0.452 e. The molecule has 8 heteroatoms. The molecule has 118 valence electrons. The zero-order valence-electron chi connectivity index (χ0n) is 11.8. The monoisotopic (exact) mass is 333 g/mol. The van der Waals surface area contributed by atoms with Crippen LogP contribution in [0.15, 0.2) is 48.8 Å². The molecule has 1 aromatic heterocycles. The Morgan fingerprint density at radius 1 is 0.957 bits per heavy atom. The number of benzene rings is 1. The van der Waals surface area contributed by atoms with Gasteiger partial charge in [0, 0.05) is 23.0 Å². The Kier molecular flexibility index (Phi) is 5.65. The van der Waals surface area contributed by atoms with E-state index in [1.54, 1.807) is 12.1 Å². The normalized spacial score (nSPS) is 9.78. The van der Waals surface area contributed by atoms with Crippen molar-refractivity contribution in [1.82, 2.24) is 15.8 Å².